The molecule has 0 saturated carbocycles. The Morgan fingerprint density at radius 3 is 2.74 bits per heavy atom. The number of ether oxygens (including phenoxy) is 1. The third-order valence-electron chi connectivity index (χ3n) is 2.33. The van der Waals surface area contributed by atoms with Crippen LogP contribution in [0.15, 0.2) is 18.2 Å². The van der Waals surface area contributed by atoms with Gasteiger partial charge in [-0.3, -0.25) is 4.79 Å². The lowest BCUT2D eigenvalue weighted by atomic mass is 10.2. The van der Waals surface area contributed by atoms with E-state index in [1.807, 2.05) is 20.8 Å². The van der Waals surface area contributed by atoms with E-state index < -0.39 is 0 Å². The van der Waals surface area contributed by atoms with Gasteiger partial charge in [0.15, 0.2) is 6.61 Å². The van der Waals surface area contributed by atoms with Crippen LogP contribution in [0.4, 0.5) is 4.39 Å². The monoisotopic (exact) mass is 268 g/mol. The molecule has 0 aliphatic carbocycles. The highest BCUT2D eigenvalue weighted by molar-refractivity contribution is 5.77. The Hall–Kier alpha value is -1.62. The Labute approximate surface area is 113 Å². The highest BCUT2D eigenvalue weighted by Crippen LogP contribution is 2.16. The average molecular weight is 268 g/mol. The summed E-state index contributed by atoms with van der Waals surface area (Å²) in [7, 11) is 0. The SMILES string of the molecule is CCNCc1cc(F)cc(OCC(=O)NC(C)C)c1. The second kappa shape index (κ2) is 7.74. The molecule has 0 heterocycles. The van der Waals surface area contributed by atoms with Crippen LogP contribution in [0.25, 0.3) is 0 Å². The van der Waals surface area contributed by atoms with Crippen molar-refractivity contribution in [2.24, 2.45) is 0 Å². The van der Waals surface area contributed by atoms with Crippen molar-refractivity contribution in [1.82, 2.24) is 10.6 Å². The predicted octanol–water partition coefficient (Wildman–Crippen LogP) is 1.84. The van der Waals surface area contributed by atoms with Gasteiger partial charge in [0, 0.05) is 18.7 Å². The van der Waals surface area contributed by atoms with E-state index in [-0.39, 0.29) is 24.4 Å². The molecule has 0 atom stereocenters. The van der Waals surface area contributed by atoms with Crippen LogP contribution >= 0.6 is 0 Å². The van der Waals surface area contributed by atoms with Crippen LogP contribution in [0.5, 0.6) is 5.75 Å². The number of nitrogens with one attached hydrogen (secondary N) is 2. The maximum absolute atomic E-state index is 13.4. The summed E-state index contributed by atoms with van der Waals surface area (Å²) in [6, 6.07) is 4.52. The maximum Gasteiger partial charge on any atom is 0.258 e. The van der Waals surface area contributed by atoms with E-state index in [1.165, 1.54) is 12.1 Å². The number of hydrogen-bond acceptors (Lipinski definition) is 3. The van der Waals surface area contributed by atoms with E-state index in [2.05, 4.69) is 10.6 Å². The molecule has 0 aromatic heterocycles. The molecule has 2 N–H and O–H groups in total. The zero-order chi connectivity index (χ0) is 14.3. The number of carbonyl (C=O) groups is 1. The van der Waals surface area contributed by atoms with E-state index in [4.69, 9.17) is 4.74 Å². The minimum Gasteiger partial charge on any atom is -0.484 e. The summed E-state index contributed by atoms with van der Waals surface area (Å²) >= 11 is 0. The molecule has 0 spiro atoms. The van der Waals surface area contributed by atoms with Gasteiger partial charge in [0.2, 0.25) is 0 Å². The topological polar surface area (TPSA) is 50.4 Å². The zero-order valence-electron chi connectivity index (χ0n) is 11.6. The molecule has 1 amide bonds. The summed E-state index contributed by atoms with van der Waals surface area (Å²) in [5, 5.41) is 5.81. The largest absolute Gasteiger partial charge is 0.484 e. The second-order valence-corrected chi connectivity index (χ2v) is 4.59. The third kappa shape index (κ3) is 6.20. The van der Waals surface area contributed by atoms with Crippen LogP contribution in [0.1, 0.15) is 26.3 Å². The molecule has 106 valence electrons. The summed E-state index contributed by atoms with van der Waals surface area (Å²) in [5.74, 6) is -0.214. The Morgan fingerprint density at radius 2 is 2.11 bits per heavy atom. The normalized spacial score (nSPS) is 10.6. The van der Waals surface area contributed by atoms with Crippen LogP contribution in [0.3, 0.4) is 0 Å². The summed E-state index contributed by atoms with van der Waals surface area (Å²) in [6.45, 7) is 6.99. The van der Waals surface area contributed by atoms with E-state index in [0.29, 0.717) is 12.3 Å². The lowest BCUT2D eigenvalue weighted by molar-refractivity contribution is -0.123. The lowest BCUT2D eigenvalue weighted by Gasteiger charge is -2.11. The molecule has 0 unspecified atom stereocenters. The molecule has 1 aromatic rings. The highest BCUT2D eigenvalue weighted by atomic mass is 19.1. The first-order chi connectivity index (χ1) is 9.01. The molecule has 1 rings (SSSR count). The molecule has 0 fully saturated rings. The second-order valence-electron chi connectivity index (χ2n) is 4.59. The van der Waals surface area contributed by atoms with Gasteiger partial charge in [0.1, 0.15) is 11.6 Å². The van der Waals surface area contributed by atoms with Crippen molar-refractivity contribution in [3.8, 4) is 5.75 Å². The fourth-order valence-corrected chi connectivity index (χ4v) is 1.59. The number of carbonyl (C=O) groups excluding carboxylic acids is 1. The smallest absolute Gasteiger partial charge is 0.258 e. The van der Waals surface area contributed by atoms with Crippen LogP contribution < -0.4 is 15.4 Å². The lowest BCUT2D eigenvalue weighted by Crippen LogP contribution is -2.34. The first kappa shape index (κ1) is 15.4. The van der Waals surface area contributed by atoms with Gasteiger partial charge < -0.3 is 15.4 Å². The van der Waals surface area contributed by atoms with Crippen molar-refractivity contribution in [2.75, 3.05) is 13.2 Å². The molecule has 1 aromatic carbocycles. The van der Waals surface area contributed by atoms with E-state index >= 15 is 0 Å². The number of benzene rings is 1. The molecule has 0 aliphatic heterocycles. The van der Waals surface area contributed by atoms with E-state index in [0.717, 1.165) is 12.1 Å². The van der Waals surface area contributed by atoms with Crippen molar-refractivity contribution in [3.05, 3.63) is 29.6 Å². The molecular weight excluding hydrogens is 247 g/mol. The Morgan fingerprint density at radius 1 is 1.37 bits per heavy atom. The van der Waals surface area contributed by atoms with Crippen molar-refractivity contribution in [2.45, 2.75) is 33.4 Å². The summed E-state index contributed by atoms with van der Waals surface area (Å²) in [5.41, 5.74) is 0.793. The van der Waals surface area contributed by atoms with Gasteiger partial charge in [-0.2, -0.15) is 0 Å². The molecule has 0 radical (unpaired) electrons. The standard InChI is InChI=1S/C14H21FN2O2/c1-4-16-8-11-5-12(15)7-13(6-11)19-9-14(18)17-10(2)3/h5-7,10,16H,4,8-9H2,1-3H3,(H,17,18). The quantitative estimate of drug-likeness (QED) is 0.793. The number of rotatable bonds is 7. The van der Waals surface area contributed by atoms with Crippen molar-refractivity contribution >= 4 is 5.91 Å². The molecule has 5 heteroatoms. The molecule has 0 saturated heterocycles. The highest BCUT2D eigenvalue weighted by Gasteiger charge is 2.06. The molecular formula is C14H21FN2O2. The Bertz CT molecular complexity index is 422. The van der Waals surface area contributed by atoms with Crippen LogP contribution in [-0.4, -0.2) is 25.1 Å². The van der Waals surface area contributed by atoms with Gasteiger partial charge in [-0.1, -0.05) is 6.92 Å². The van der Waals surface area contributed by atoms with E-state index in [1.54, 1.807) is 6.07 Å². The minimum atomic E-state index is -0.366. The van der Waals surface area contributed by atoms with Gasteiger partial charge >= 0.3 is 0 Å². The Kier molecular flexibility index (Phi) is 6.29. The molecule has 19 heavy (non-hydrogen) atoms. The Balaban J connectivity index is 2.57. The first-order valence-corrected chi connectivity index (χ1v) is 6.43. The van der Waals surface area contributed by atoms with Crippen LogP contribution in [0, 0.1) is 5.82 Å². The van der Waals surface area contributed by atoms with Crippen molar-refractivity contribution < 1.29 is 13.9 Å². The summed E-state index contributed by atoms with van der Waals surface area (Å²) in [6.07, 6.45) is 0. The summed E-state index contributed by atoms with van der Waals surface area (Å²) < 4.78 is 18.7. The van der Waals surface area contributed by atoms with Crippen LogP contribution in [-0.2, 0) is 11.3 Å². The predicted molar refractivity (Wildman–Crippen MR) is 72.6 cm³/mol. The number of amides is 1. The maximum atomic E-state index is 13.4. The van der Waals surface area contributed by atoms with Crippen molar-refractivity contribution in [3.63, 3.8) is 0 Å². The summed E-state index contributed by atoms with van der Waals surface area (Å²) in [4.78, 5) is 11.4. The zero-order valence-corrected chi connectivity index (χ0v) is 11.6. The molecule has 4 nitrogen and oxygen atoms in total. The number of hydrogen-bond donors (Lipinski definition) is 2. The van der Waals surface area contributed by atoms with Crippen LogP contribution in [0.2, 0.25) is 0 Å². The minimum absolute atomic E-state index is 0.0629. The first-order valence-electron chi connectivity index (χ1n) is 6.43. The number of halogens is 1. The molecule has 0 aliphatic rings. The third-order valence-corrected chi connectivity index (χ3v) is 2.33. The van der Waals surface area contributed by atoms with Gasteiger partial charge in [0.25, 0.3) is 5.91 Å². The van der Waals surface area contributed by atoms with Gasteiger partial charge in [-0.25, -0.2) is 4.39 Å². The van der Waals surface area contributed by atoms with Crippen molar-refractivity contribution in [1.29, 1.82) is 0 Å². The van der Waals surface area contributed by atoms with E-state index in [9.17, 15) is 9.18 Å². The van der Waals surface area contributed by atoms with Gasteiger partial charge in [0.05, 0.1) is 0 Å². The fraction of sp³-hybridized carbons (Fsp3) is 0.500. The van der Waals surface area contributed by atoms with Gasteiger partial charge in [-0.05, 0) is 38.1 Å². The van der Waals surface area contributed by atoms with Gasteiger partial charge in [-0.15, -0.1) is 0 Å². The fourth-order valence-electron chi connectivity index (χ4n) is 1.59. The molecule has 0 bridgehead atoms. The average Bonchev–Trinajstić information content (AvgIpc) is 2.32.